The Hall–Kier alpha value is -2.28. The standard InChI is InChI=1S/C17H13Cl2N3O2S/c1-24-15-4-2-3-10(16(15)23)8-20-22-17-21-14(9-25-17)12-6-5-11(18)7-13(12)19/h2-9,23H,1H3,(H,21,22)/b20-8+. The summed E-state index contributed by atoms with van der Waals surface area (Å²) in [7, 11) is 1.49. The molecule has 0 aliphatic carbocycles. The lowest BCUT2D eigenvalue weighted by molar-refractivity contribution is 0.373. The Labute approximate surface area is 158 Å². The number of phenols is 1. The van der Waals surface area contributed by atoms with Crippen LogP contribution in [0.4, 0.5) is 5.13 Å². The highest BCUT2D eigenvalue weighted by atomic mass is 35.5. The molecule has 3 rings (SSSR count). The molecule has 0 fully saturated rings. The van der Waals surface area contributed by atoms with Gasteiger partial charge in [0.25, 0.3) is 0 Å². The van der Waals surface area contributed by atoms with Crippen LogP contribution in [0, 0.1) is 0 Å². The monoisotopic (exact) mass is 393 g/mol. The molecule has 0 saturated carbocycles. The molecule has 8 heteroatoms. The van der Waals surface area contributed by atoms with E-state index < -0.39 is 0 Å². The average molecular weight is 394 g/mol. The fraction of sp³-hybridized carbons (Fsp3) is 0.0588. The van der Waals surface area contributed by atoms with E-state index in [-0.39, 0.29) is 5.75 Å². The van der Waals surface area contributed by atoms with Crippen LogP contribution in [0.15, 0.2) is 46.9 Å². The predicted molar refractivity (Wildman–Crippen MR) is 103 cm³/mol. The summed E-state index contributed by atoms with van der Waals surface area (Å²) in [6, 6.07) is 10.4. The first-order valence-corrected chi connectivity index (χ1v) is 8.78. The Balaban J connectivity index is 1.74. The predicted octanol–water partition coefficient (Wildman–Crippen LogP) is 5.28. The van der Waals surface area contributed by atoms with Gasteiger partial charge in [-0.1, -0.05) is 29.3 Å². The van der Waals surface area contributed by atoms with Gasteiger partial charge in [0.05, 0.1) is 24.0 Å². The van der Waals surface area contributed by atoms with Gasteiger partial charge in [-0.05, 0) is 30.3 Å². The molecule has 5 nitrogen and oxygen atoms in total. The van der Waals surface area contributed by atoms with E-state index in [0.717, 1.165) is 11.3 Å². The molecule has 0 saturated heterocycles. The molecular formula is C17H13Cl2N3O2S. The van der Waals surface area contributed by atoms with Crippen molar-refractivity contribution in [3.63, 3.8) is 0 Å². The van der Waals surface area contributed by atoms with Crippen LogP contribution in [-0.2, 0) is 0 Å². The molecule has 0 bridgehead atoms. The zero-order chi connectivity index (χ0) is 17.8. The molecule has 0 radical (unpaired) electrons. The van der Waals surface area contributed by atoms with Crippen LogP contribution >= 0.6 is 34.5 Å². The minimum atomic E-state index is 0.0309. The highest BCUT2D eigenvalue weighted by molar-refractivity contribution is 7.14. The van der Waals surface area contributed by atoms with Gasteiger partial charge in [-0.15, -0.1) is 11.3 Å². The molecule has 0 aliphatic rings. The highest BCUT2D eigenvalue weighted by Gasteiger charge is 2.09. The Bertz CT molecular complexity index is 928. The summed E-state index contributed by atoms with van der Waals surface area (Å²) in [6.07, 6.45) is 1.49. The summed E-state index contributed by atoms with van der Waals surface area (Å²) in [5, 5.41) is 17.7. The number of thiazole rings is 1. The van der Waals surface area contributed by atoms with E-state index in [9.17, 15) is 5.11 Å². The summed E-state index contributed by atoms with van der Waals surface area (Å²) in [5.41, 5.74) is 4.89. The molecule has 0 aliphatic heterocycles. The van der Waals surface area contributed by atoms with Crippen LogP contribution in [-0.4, -0.2) is 23.4 Å². The number of hydrogen-bond acceptors (Lipinski definition) is 6. The average Bonchev–Trinajstić information content (AvgIpc) is 3.05. The number of para-hydroxylation sites is 1. The van der Waals surface area contributed by atoms with Crippen LogP contribution in [0.5, 0.6) is 11.5 Å². The lowest BCUT2D eigenvalue weighted by Crippen LogP contribution is -1.92. The number of benzene rings is 2. The van der Waals surface area contributed by atoms with Crippen LogP contribution in [0.2, 0.25) is 10.0 Å². The van der Waals surface area contributed by atoms with Crippen LogP contribution in [0.25, 0.3) is 11.3 Å². The van der Waals surface area contributed by atoms with Gasteiger partial charge in [-0.25, -0.2) is 4.98 Å². The second kappa shape index (κ2) is 7.74. The third-order valence-corrected chi connectivity index (χ3v) is 4.62. The van der Waals surface area contributed by atoms with E-state index in [4.69, 9.17) is 27.9 Å². The number of aromatic nitrogens is 1. The molecular weight excluding hydrogens is 381 g/mol. The molecule has 0 unspecified atom stereocenters. The first-order chi connectivity index (χ1) is 12.1. The maximum atomic E-state index is 10.0. The first kappa shape index (κ1) is 17.5. The van der Waals surface area contributed by atoms with Gasteiger partial charge in [-0.3, -0.25) is 5.43 Å². The van der Waals surface area contributed by atoms with Gasteiger partial charge >= 0.3 is 0 Å². The molecule has 25 heavy (non-hydrogen) atoms. The number of aromatic hydroxyl groups is 1. The minimum Gasteiger partial charge on any atom is -0.504 e. The number of nitrogens with one attached hydrogen (secondary N) is 1. The van der Waals surface area contributed by atoms with E-state index in [0.29, 0.717) is 26.5 Å². The van der Waals surface area contributed by atoms with Gasteiger partial charge < -0.3 is 9.84 Å². The van der Waals surface area contributed by atoms with E-state index in [1.54, 1.807) is 30.3 Å². The first-order valence-electron chi connectivity index (χ1n) is 7.14. The smallest absolute Gasteiger partial charge is 0.203 e. The topological polar surface area (TPSA) is 66.7 Å². The van der Waals surface area contributed by atoms with Crippen molar-refractivity contribution in [3.05, 3.63) is 57.4 Å². The van der Waals surface area contributed by atoms with Crippen molar-refractivity contribution in [1.82, 2.24) is 4.98 Å². The summed E-state index contributed by atoms with van der Waals surface area (Å²) in [5.74, 6) is 0.418. The molecule has 0 atom stereocenters. The number of rotatable bonds is 5. The van der Waals surface area contributed by atoms with Crippen molar-refractivity contribution < 1.29 is 9.84 Å². The number of phenolic OH excluding ortho intramolecular Hbond substituents is 1. The number of ether oxygens (including phenoxy) is 1. The molecule has 128 valence electrons. The van der Waals surface area contributed by atoms with Gasteiger partial charge in [-0.2, -0.15) is 5.10 Å². The van der Waals surface area contributed by atoms with Crippen molar-refractivity contribution >= 4 is 45.9 Å². The lowest BCUT2D eigenvalue weighted by Gasteiger charge is -2.04. The van der Waals surface area contributed by atoms with Gasteiger partial charge in [0.1, 0.15) is 0 Å². The third-order valence-electron chi connectivity index (χ3n) is 3.33. The van der Waals surface area contributed by atoms with Gasteiger partial charge in [0.2, 0.25) is 5.13 Å². The number of anilines is 1. The number of hydrazone groups is 1. The summed E-state index contributed by atoms with van der Waals surface area (Å²) in [4.78, 5) is 4.44. The van der Waals surface area contributed by atoms with E-state index in [2.05, 4.69) is 15.5 Å². The Morgan fingerprint density at radius 3 is 2.88 bits per heavy atom. The second-order valence-corrected chi connectivity index (χ2v) is 6.63. The van der Waals surface area contributed by atoms with Crippen molar-refractivity contribution in [1.29, 1.82) is 0 Å². The lowest BCUT2D eigenvalue weighted by atomic mass is 10.2. The fourth-order valence-corrected chi connectivity index (χ4v) is 3.28. The zero-order valence-electron chi connectivity index (χ0n) is 13.0. The van der Waals surface area contributed by atoms with Crippen molar-refractivity contribution in [3.8, 4) is 22.8 Å². The van der Waals surface area contributed by atoms with Crippen LogP contribution in [0.3, 0.4) is 0 Å². The van der Waals surface area contributed by atoms with E-state index in [1.807, 2.05) is 11.4 Å². The third kappa shape index (κ3) is 4.04. The van der Waals surface area contributed by atoms with Crippen molar-refractivity contribution in [2.75, 3.05) is 12.5 Å². The Morgan fingerprint density at radius 2 is 2.12 bits per heavy atom. The van der Waals surface area contributed by atoms with Crippen LogP contribution in [0.1, 0.15) is 5.56 Å². The van der Waals surface area contributed by atoms with Gasteiger partial charge in [0.15, 0.2) is 11.5 Å². The minimum absolute atomic E-state index is 0.0309. The summed E-state index contributed by atoms with van der Waals surface area (Å²) < 4.78 is 5.06. The Morgan fingerprint density at radius 1 is 1.28 bits per heavy atom. The number of nitrogens with zero attached hydrogens (tertiary/aromatic N) is 2. The van der Waals surface area contributed by atoms with E-state index in [1.165, 1.54) is 24.7 Å². The van der Waals surface area contributed by atoms with Crippen molar-refractivity contribution in [2.45, 2.75) is 0 Å². The quantitative estimate of drug-likeness (QED) is 0.457. The normalized spacial score (nSPS) is 11.0. The maximum Gasteiger partial charge on any atom is 0.203 e. The van der Waals surface area contributed by atoms with Crippen LogP contribution < -0.4 is 10.2 Å². The molecule has 3 aromatic rings. The zero-order valence-corrected chi connectivity index (χ0v) is 15.4. The fourth-order valence-electron chi connectivity index (χ4n) is 2.11. The second-order valence-electron chi connectivity index (χ2n) is 4.93. The number of halogens is 2. The molecule has 0 amide bonds. The highest BCUT2D eigenvalue weighted by Crippen LogP contribution is 2.32. The number of hydrogen-bond donors (Lipinski definition) is 2. The SMILES string of the molecule is COc1cccc(/C=N/Nc2nc(-c3ccc(Cl)cc3Cl)cs2)c1O. The molecule has 1 heterocycles. The molecule has 1 aromatic heterocycles. The Kier molecular flexibility index (Phi) is 5.43. The molecule has 2 N–H and O–H groups in total. The largest absolute Gasteiger partial charge is 0.504 e. The number of methoxy groups -OCH3 is 1. The molecule has 2 aromatic carbocycles. The summed E-state index contributed by atoms with van der Waals surface area (Å²) >= 11 is 13.5. The molecule has 0 spiro atoms. The maximum absolute atomic E-state index is 10.0. The van der Waals surface area contributed by atoms with E-state index >= 15 is 0 Å². The summed E-state index contributed by atoms with van der Waals surface area (Å²) in [6.45, 7) is 0. The van der Waals surface area contributed by atoms with Crippen molar-refractivity contribution in [2.24, 2.45) is 5.10 Å². The van der Waals surface area contributed by atoms with Gasteiger partial charge in [0, 0.05) is 21.5 Å².